The van der Waals surface area contributed by atoms with Crippen LogP contribution in [0.4, 0.5) is 0 Å². The van der Waals surface area contributed by atoms with Crippen LogP contribution in [0.1, 0.15) is 13.8 Å². The summed E-state index contributed by atoms with van der Waals surface area (Å²) in [6.45, 7) is 4.14. The number of halogens is 1. The van der Waals surface area contributed by atoms with Crippen molar-refractivity contribution in [3.63, 3.8) is 0 Å². The average Bonchev–Trinajstić information content (AvgIpc) is 1.31. The van der Waals surface area contributed by atoms with Gasteiger partial charge in [0.2, 0.25) is 0 Å². The number of rotatable bonds is 1. The molecule has 2 atom stereocenters. The zero-order valence-electron chi connectivity index (χ0n) is 5.03. The van der Waals surface area contributed by atoms with Gasteiger partial charge in [-0.2, -0.15) is 0 Å². The highest BCUT2D eigenvalue weighted by molar-refractivity contribution is 14.1. The van der Waals surface area contributed by atoms with Crippen LogP contribution >= 0.6 is 22.6 Å². The normalized spacial score (nSPS) is 23.4. The number of nitrogens with two attached hydrogens (primary N) is 1. The van der Waals surface area contributed by atoms with Crippen LogP contribution in [-0.2, 0) is 0 Å². The van der Waals surface area contributed by atoms with E-state index < -0.39 is 0 Å². The lowest BCUT2D eigenvalue weighted by Gasteiger charge is -2.21. The molecule has 0 bridgehead atoms. The molecule has 1 unspecified atom stereocenters. The predicted octanol–water partition coefficient (Wildman–Crippen LogP) is 0.118. The van der Waals surface area contributed by atoms with E-state index in [9.17, 15) is 0 Å². The third kappa shape index (κ3) is 3.35. The van der Waals surface area contributed by atoms with E-state index in [-0.39, 0.29) is 5.44 Å². The maximum absolute atomic E-state index is 5.67. The minimum atomic E-state index is -0.0133. The minimum Gasteiger partial charge on any atom is -0.332 e. The molecule has 0 amide bonds. The second-order valence-corrected chi connectivity index (χ2v) is 4.31. The fraction of sp³-hybridized carbons (Fsp3) is 1.00. The molecule has 3 heteroatoms. The Morgan fingerprint density at radius 2 is 2.00 bits per heavy atom. The lowest BCUT2D eigenvalue weighted by molar-refractivity contribution is 0.670. The highest BCUT2D eigenvalue weighted by Crippen LogP contribution is 2.09. The predicted molar refractivity (Wildman–Crippen MR) is 44.6 cm³/mol. The molecule has 0 rings (SSSR count). The van der Waals surface area contributed by atoms with E-state index in [0.29, 0.717) is 3.92 Å². The zero-order valence-corrected chi connectivity index (χ0v) is 7.19. The van der Waals surface area contributed by atoms with Crippen molar-refractivity contribution >= 4 is 30.4 Å². The summed E-state index contributed by atoms with van der Waals surface area (Å²) in [5.74, 6) is 0. The summed E-state index contributed by atoms with van der Waals surface area (Å²) in [5.41, 5.74) is 5.66. The number of hydrogen-bond donors (Lipinski definition) is 1. The smallest absolute Gasteiger partial charge is 0.128 e. The molecular formula is C4H11BIN. The Bertz CT molecular complexity index is 57.2. The van der Waals surface area contributed by atoms with Crippen LogP contribution in [0.25, 0.3) is 0 Å². The van der Waals surface area contributed by atoms with Gasteiger partial charge >= 0.3 is 0 Å². The van der Waals surface area contributed by atoms with Crippen molar-refractivity contribution in [2.45, 2.75) is 23.2 Å². The van der Waals surface area contributed by atoms with Crippen LogP contribution in [0.15, 0.2) is 0 Å². The summed E-state index contributed by atoms with van der Waals surface area (Å²) in [6, 6.07) is 0. The second kappa shape index (κ2) is 2.35. The molecule has 0 spiro atoms. The zero-order chi connectivity index (χ0) is 6.08. The molecule has 0 aliphatic rings. The van der Waals surface area contributed by atoms with E-state index in [0.717, 1.165) is 0 Å². The van der Waals surface area contributed by atoms with E-state index in [1.54, 1.807) is 0 Å². The fourth-order valence-electron chi connectivity index (χ4n) is 0. The molecule has 0 aliphatic heterocycles. The molecule has 0 radical (unpaired) electrons. The fourth-order valence-corrected chi connectivity index (χ4v) is 0. The van der Waals surface area contributed by atoms with E-state index >= 15 is 0 Å². The molecule has 0 aromatic heterocycles. The lowest BCUT2D eigenvalue weighted by Crippen LogP contribution is -2.43. The van der Waals surface area contributed by atoms with Gasteiger partial charge in [0.1, 0.15) is 7.85 Å². The molecule has 0 fully saturated rings. The number of hydrogen-bond acceptors (Lipinski definition) is 1. The van der Waals surface area contributed by atoms with Crippen molar-refractivity contribution in [2.75, 3.05) is 0 Å². The molecule has 0 aliphatic carbocycles. The maximum Gasteiger partial charge on any atom is 0.128 e. The Kier molecular flexibility index (Phi) is 2.60. The first-order valence-corrected chi connectivity index (χ1v) is 3.62. The molecule has 1 nitrogen and oxygen atoms in total. The van der Waals surface area contributed by atoms with Gasteiger partial charge in [0.25, 0.3) is 0 Å². The molecule has 7 heavy (non-hydrogen) atoms. The Hall–Kier alpha value is 0.755. The van der Waals surface area contributed by atoms with Crippen molar-refractivity contribution in [1.29, 1.82) is 0 Å². The van der Waals surface area contributed by atoms with Crippen molar-refractivity contribution in [3.8, 4) is 0 Å². The van der Waals surface area contributed by atoms with Crippen LogP contribution in [0, 0.1) is 0 Å². The van der Waals surface area contributed by atoms with Gasteiger partial charge in [0.05, 0.1) is 0 Å². The number of alkyl halides is 1. The average molecular weight is 211 g/mol. The molecule has 0 heterocycles. The molecular weight excluding hydrogens is 200 g/mol. The monoisotopic (exact) mass is 211 g/mol. The van der Waals surface area contributed by atoms with Gasteiger partial charge in [-0.3, -0.25) is 0 Å². The quantitative estimate of drug-likeness (QED) is 0.372. The second-order valence-electron chi connectivity index (χ2n) is 2.44. The van der Waals surface area contributed by atoms with Crippen LogP contribution in [-0.4, -0.2) is 17.2 Å². The van der Waals surface area contributed by atoms with Crippen LogP contribution in [0.5, 0.6) is 0 Å². The molecule has 42 valence electrons. The van der Waals surface area contributed by atoms with Crippen molar-refractivity contribution < 1.29 is 0 Å². The topological polar surface area (TPSA) is 26.0 Å². The van der Waals surface area contributed by atoms with Crippen LogP contribution in [0.3, 0.4) is 0 Å². The highest BCUT2D eigenvalue weighted by Gasteiger charge is 2.16. The standard InChI is InChI=1S/C4H11BIN/c1-3(6)4(2,5)7/h3H,5,7H2,1-2H3/t3-,4?/m0/s1. The van der Waals surface area contributed by atoms with Gasteiger partial charge < -0.3 is 5.73 Å². The first-order valence-electron chi connectivity index (χ1n) is 2.37. The lowest BCUT2D eigenvalue weighted by atomic mass is 9.79. The van der Waals surface area contributed by atoms with E-state index in [4.69, 9.17) is 5.73 Å². The maximum atomic E-state index is 5.67. The van der Waals surface area contributed by atoms with Crippen molar-refractivity contribution in [3.05, 3.63) is 0 Å². The first-order chi connectivity index (χ1) is 2.94. The summed E-state index contributed by atoms with van der Waals surface area (Å²) in [6.07, 6.45) is 0. The van der Waals surface area contributed by atoms with Crippen molar-refractivity contribution in [1.82, 2.24) is 0 Å². The van der Waals surface area contributed by atoms with Crippen LogP contribution < -0.4 is 5.73 Å². The van der Waals surface area contributed by atoms with Crippen molar-refractivity contribution in [2.24, 2.45) is 5.73 Å². The van der Waals surface area contributed by atoms with Gasteiger partial charge in [-0.25, -0.2) is 0 Å². The summed E-state index contributed by atoms with van der Waals surface area (Å²) in [5, 5.41) is 0. The van der Waals surface area contributed by atoms with E-state index in [1.165, 1.54) is 0 Å². The molecule has 0 aromatic carbocycles. The van der Waals surface area contributed by atoms with Gasteiger partial charge in [0.15, 0.2) is 0 Å². The minimum absolute atomic E-state index is 0.0133. The Balaban J connectivity index is 3.54. The van der Waals surface area contributed by atoms with Gasteiger partial charge in [-0.15, -0.1) is 0 Å². The largest absolute Gasteiger partial charge is 0.332 e. The first kappa shape index (κ1) is 7.75. The molecule has 0 saturated carbocycles. The molecule has 2 N–H and O–H groups in total. The SMILES string of the molecule is BC(C)(N)[C@H](C)I. The third-order valence-corrected chi connectivity index (χ3v) is 2.63. The Morgan fingerprint density at radius 3 is 2.00 bits per heavy atom. The summed E-state index contributed by atoms with van der Waals surface area (Å²) < 4.78 is 0.546. The van der Waals surface area contributed by atoms with Gasteiger partial charge in [0, 0.05) is 3.92 Å². The molecule has 0 aromatic rings. The van der Waals surface area contributed by atoms with Gasteiger partial charge in [-0.05, 0) is 5.44 Å². The van der Waals surface area contributed by atoms with Crippen LogP contribution in [0.2, 0.25) is 0 Å². The Labute approximate surface area is 59.6 Å². The highest BCUT2D eigenvalue weighted by atomic mass is 127. The van der Waals surface area contributed by atoms with E-state index in [1.807, 2.05) is 14.8 Å². The summed E-state index contributed by atoms with van der Waals surface area (Å²) >= 11 is 2.32. The van der Waals surface area contributed by atoms with Gasteiger partial charge in [-0.1, -0.05) is 36.4 Å². The third-order valence-electron chi connectivity index (χ3n) is 1.03. The summed E-state index contributed by atoms with van der Waals surface area (Å²) in [7, 11) is 2.03. The van der Waals surface area contributed by atoms with E-state index in [2.05, 4.69) is 29.5 Å². The summed E-state index contributed by atoms with van der Waals surface area (Å²) in [4.78, 5) is 0. The Morgan fingerprint density at radius 1 is 1.86 bits per heavy atom. The molecule has 0 saturated heterocycles.